The van der Waals surface area contributed by atoms with Crippen molar-refractivity contribution in [3.05, 3.63) is 71.3 Å². The number of hydrogen-bond acceptors (Lipinski definition) is 3. The van der Waals surface area contributed by atoms with E-state index in [1.165, 1.54) is 5.56 Å². The quantitative estimate of drug-likeness (QED) is 0.710. The number of amides is 4. The summed E-state index contributed by atoms with van der Waals surface area (Å²) in [7, 11) is 0. The molecule has 0 aliphatic carbocycles. The van der Waals surface area contributed by atoms with Crippen LogP contribution in [-0.2, 0) is 21.5 Å². The van der Waals surface area contributed by atoms with Gasteiger partial charge in [-0.15, -0.1) is 0 Å². The van der Waals surface area contributed by atoms with Crippen LogP contribution in [0.1, 0.15) is 37.0 Å². The van der Waals surface area contributed by atoms with Crippen LogP contribution >= 0.6 is 0 Å². The maximum atomic E-state index is 12.9. The van der Waals surface area contributed by atoms with Gasteiger partial charge in [0.2, 0.25) is 5.91 Å². The average Bonchev–Trinajstić information content (AvgIpc) is 2.91. The van der Waals surface area contributed by atoms with Crippen molar-refractivity contribution >= 4 is 17.8 Å². The van der Waals surface area contributed by atoms with E-state index in [0.717, 1.165) is 23.3 Å². The van der Waals surface area contributed by atoms with Crippen LogP contribution in [0.3, 0.4) is 0 Å². The molecule has 1 fully saturated rings. The lowest BCUT2D eigenvalue weighted by molar-refractivity contribution is -0.135. The number of carbonyl (C=O) groups is 3. The lowest BCUT2D eigenvalue weighted by Gasteiger charge is -2.22. The highest BCUT2D eigenvalue weighted by Gasteiger charge is 2.49. The number of benzene rings is 2. The third kappa shape index (κ3) is 4.65. The topological polar surface area (TPSA) is 78.5 Å². The smallest absolute Gasteiger partial charge is 0.325 e. The molecule has 1 aliphatic rings. The van der Waals surface area contributed by atoms with E-state index in [4.69, 9.17) is 0 Å². The van der Waals surface area contributed by atoms with Crippen molar-refractivity contribution < 1.29 is 14.4 Å². The van der Waals surface area contributed by atoms with E-state index in [2.05, 4.69) is 10.6 Å². The van der Waals surface area contributed by atoms with Gasteiger partial charge in [0.05, 0.1) is 0 Å². The third-order valence-corrected chi connectivity index (χ3v) is 5.32. The van der Waals surface area contributed by atoms with Crippen LogP contribution in [0.5, 0.6) is 0 Å². The number of imide groups is 1. The fraction of sp³-hybridized carbons (Fsp3) is 0.348. The Morgan fingerprint density at radius 3 is 2.41 bits per heavy atom. The number of nitrogens with one attached hydrogen (secondary N) is 2. The first kappa shape index (κ1) is 20.6. The zero-order valence-corrected chi connectivity index (χ0v) is 17.1. The zero-order chi connectivity index (χ0) is 21.0. The molecule has 2 aromatic rings. The summed E-state index contributed by atoms with van der Waals surface area (Å²) in [5, 5.41) is 5.61. The number of urea groups is 1. The van der Waals surface area contributed by atoms with Gasteiger partial charge in [0.15, 0.2) is 0 Å². The highest BCUT2D eigenvalue weighted by atomic mass is 16.2. The Balaban J connectivity index is 1.58. The van der Waals surface area contributed by atoms with Crippen molar-refractivity contribution in [3.8, 4) is 0 Å². The molecule has 29 heavy (non-hydrogen) atoms. The van der Waals surface area contributed by atoms with E-state index in [0.29, 0.717) is 5.56 Å². The summed E-state index contributed by atoms with van der Waals surface area (Å²) >= 11 is 0. The first-order valence-electron chi connectivity index (χ1n) is 9.84. The fourth-order valence-electron chi connectivity index (χ4n) is 3.49. The molecular weight excluding hydrogens is 366 g/mol. The van der Waals surface area contributed by atoms with Crippen molar-refractivity contribution in [2.45, 2.75) is 45.2 Å². The lowest BCUT2D eigenvalue weighted by Crippen LogP contribution is -2.45. The standard InChI is InChI=1S/C23H27N3O3/c1-16-9-13-19(14-10-16)23(3)21(28)26(22(29)25-23)15-20(27)24-17(2)11-12-18-7-5-4-6-8-18/h4-10,13-14,17H,11-12,15H2,1-3H3,(H,24,27)(H,25,29)/t17-,23+/m1/s1. The summed E-state index contributed by atoms with van der Waals surface area (Å²) in [5.74, 6) is -0.763. The van der Waals surface area contributed by atoms with Gasteiger partial charge in [-0.25, -0.2) is 4.79 Å². The summed E-state index contributed by atoms with van der Waals surface area (Å²) in [4.78, 5) is 38.7. The van der Waals surface area contributed by atoms with Crippen LogP contribution in [0.25, 0.3) is 0 Å². The van der Waals surface area contributed by atoms with Crippen molar-refractivity contribution in [1.82, 2.24) is 15.5 Å². The first-order valence-corrected chi connectivity index (χ1v) is 9.84. The molecule has 0 saturated carbocycles. The third-order valence-electron chi connectivity index (χ3n) is 5.32. The minimum atomic E-state index is -1.16. The van der Waals surface area contributed by atoms with Gasteiger partial charge in [-0.1, -0.05) is 60.2 Å². The molecule has 0 aromatic heterocycles. The summed E-state index contributed by atoms with van der Waals surface area (Å²) in [6.07, 6.45) is 1.62. The molecule has 1 heterocycles. The molecule has 0 unspecified atom stereocenters. The zero-order valence-electron chi connectivity index (χ0n) is 17.1. The molecule has 0 radical (unpaired) electrons. The molecule has 2 atom stereocenters. The van der Waals surface area contributed by atoms with E-state index in [9.17, 15) is 14.4 Å². The number of nitrogens with zero attached hydrogens (tertiary/aromatic N) is 1. The molecule has 2 aromatic carbocycles. The summed E-state index contributed by atoms with van der Waals surface area (Å²) in [5.41, 5.74) is 1.80. The molecule has 4 amide bonds. The van der Waals surface area contributed by atoms with Gasteiger partial charge < -0.3 is 10.6 Å². The maximum Gasteiger partial charge on any atom is 0.325 e. The van der Waals surface area contributed by atoms with Crippen LogP contribution in [0.4, 0.5) is 4.79 Å². The minimum absolute atomic E-state index is 0.0630. The number of hydrogen-bond donors (Lipinski definition) is 2. The Labute approximate surface area is 171 Å². The summed E-state index contributed by atoms with van der Waals surface area (Å²) in [6, 6.07) is 16.9. The molecule has 1 aliphatic heterocycles. The Kier molecular flexibility index (Phi) is 6.01. The van der Waals surface area contributed by atoms with E-state index in [1.807, 2.05) is 68.4 Å². The molecule has 2 N–H and O–H groups in total. The first-order chi connectivity index (χ1) is 13.8. The van der Waals surface area contributed by atoms with E-state index < -0.39 is 17.5 Å². The molecule has 0 bridgehead atoms. The molecule has 6 heteroatoms. The molecule has 0 spiro atoms. The van der Waals surface area contributed by atoms with E-state index >= 15 is 0 Å². The molecular formula is C23H27N3O3. The van der Waals surface area contributed by atoms with Gasteiger partial charge in [0.1, 0.15) is 12.1 Å². The highest BCUT2D eigenvalue weighted by molar-refractivity contribution is 6.09. The molecule has 6 nitrogen and oxygen atoms in total. The van der Waals surface area contributed by atoms with Crippen LogP contribution in [0.15, 0.2) is 54.6 Å². The van der Waals surface area contributed by atoms with Crippen LogP contribution in [0, 0.1) is 6.92 Å². The van der Waals surface area contributed by atoms with Crippen LogP contribution in [-0.4, -0.2) is 35.3 Å². The molecule has 1 saturated heterocycles. The Morgan fingerprint density at radius 1 is 1.10 bits per heavy atom. The number of rotatable bonds is 7. The fourth-order valence-corrected chi connectivity index (χ4v) is 3.49. The maximum absolute atomic E-state index is 12.9. The predicted octanol–water partition coefficient (Wildman–Crippen LogP) is 2.90. The lowest BCUT2D eigenvalue weighted by atomic mass is 9.91. The van der Waals surface area contributed by atoms with Gasteiger partial charge in [0, 0.05) is 6.04 Å². The summed E-state index contributed by atoms with van der Waals surface area (Å²) < 4.78 is 0. The van der Waals surface area contributed by atoms with E-state index in [1.54, 1.807) is 6.92 Å². The minimum Gasteiger partial charge on any atom is -0.352 e. The molecule has 152 valence electrons. The SMILES string of the molecule is Cc1ccc([C@]2(C)NC(=O)N(CC(=O)N[C@H](C)CCc3ccccc3)C2=O)cc1. The molecule has 3 rings (SSSR count). The van der Waals surface area contributed by atoms with Gasteiger partial charge in [0.25, 0.3) is 5.91 Å². The van der Waals surface area contributed by atoms with Gasteiger partial charge in [-0.3, -0.25) is 14.5 Å². The summed E-state index contributed by atoms with van der Waals surface area (Å²) in [6.45, 7) is 5.25. The van der Waals surface area contributed by atoms with E-state index in [-0.39, 0.29) is 18.5 Å². The van der Waals surface area contributed by atoms with Crippen molar-refractivity contribution in [3.63, 3.8) is 0 Å². The van der Waals surface area contributed by atoms with Crippen LogP contribution < -0.4 is 10.6 Å². The van der Waals surface area contributed by atoms with Crippen molar-refractivity contribution in [2.75, 3.05) is 6.54 Å². The largest absolute Gasteiger partial charge is 0.352 e. The van der Waals surface area contributed by atoms with Gasteiger partial charge in [-0.2, -0.15) is 0 Å². The second-order valence-corrected chi connectivity index (χ2v) is 7.81. The Bertz CT molecular complexity index is 895. The van der Waals surface area contributed by atoms with Crippen LogP contribution in [0.2, 0.25) is 0 Å². The Morgan fingerprint density at radius 2 is 1.76 bits per heavy atom. The number of carbonyl (C=O) groups excluding carboxylic acids is 3. The monoisotopic (exact) mass is 393 g/mol. The van der Waals surface area contributed by atoms with Gasteiger partial charge >= 0.3 is 6.03 Å². The normalized spacial score (nSPS) is 19.8. The second-order valence-electron chi connectivity index (χ2n) is 7.81. The predicted molar refractivity (Wildman–Crippen MR) is 111 cm³/mol. The Hall–Kier alpha value is -3.15. The second kappa shape index (κ2) is 8.47. The number of aryl methyl sites for hydroxylation is 2. The van der Waals surface area contributed by atoms with Crippen molar-refractivity contribution in [2.24, 2.45) is 0 Å². The van der Waals surface area contributed by atoms with Gasteiger partial charge in [-0.05, 0) is 44.7 Å². The average molecular weight is 393 g/mol. The van der Waals surface area contributed by atoms with Crippen molar-refractivity contribution in [1.29, 1.82) is 0 Å². The highest BCUT2D eigenvalue weighted by Crippen LogP contribution is 2.28.